The third-order valence-corrected chi connectivity index (χ3v) is 3.49. The Kier molecular flexibility index (Phi) is 2.83. The average molecular weight is 248 g/mol. The van der Waals surface area contributed by atoms with Crippen molar-refractivity contribution in [3.63, 3.8) is 0 Å². The molecule has 1 fully saturated rings. The predicted molar refractivity (Wildman–Crippen MR) is 68.8 cm³/mol. The van der Waals surface area contributed by atoms with Gasteiger partial charge in [0.1, 0.15) is 0 Å². The van der Waals surface area contributed by atoms with Gasteiger partial charge in [-0.05, 0) is 31.5 Å². The Balaban J connectivity index is 1.79. The van der Waals surface area contributed by atoms with Crippen molar-refractivity contribution in [2.75, 3.05) is 18.5 Å². The van der Waals surface area contributed by atoms with Gasteiger partial charge in [-0.15, -0.1) is 0 Å². The van der Waals surface area contributed by atoms with Crippen LogP contribution in [0.3, 0.4) is 0 Å². The van der Waals surface area contributed by atoms with Gasteiger partial charge >= 0.3 is 5.76 Å². The summed E-state index contributed by atoms with van der Waals surface area (Å²) < 4.78 is 10.4. The van der Waals surface area contributed by atoms with Crippen LogP contribution in [-0.4, -0.2) is 24.2 Å². The summed E-state index contributed by atoms with van der Waals surface area (Å²) >= 11 is 0. The van der Waals surface area contributed by atoms with Crippen LogP contribution in [0.4, 0.5) is 5.69 Å². The molecule has 3 rings (SSSR count). The second kappa shape index (κ2) is 4.49. The van der Waals surface area contributed by atoms with Gasteiger partial charge in [0.15, 0.2) is 5.58 Å². The van der Waals surface area contributed by atoms with Crippen LogP contribution in [-0.2, 0) is 4.74 Å². The van der Waals surface area contributed by atoms with E-state index in [1.807, 2.05) is 12.1 Å². The number of benzene rings is 1. The van der Waals surface area contributed by atoms with Crippen molar-refractivity contribution in [3.05, 3.63) is 28.7 Å². The molecular formula is C13H16N2O3. The zero-order valence-corrected chi connectivity index (χ0v) is 10.2. The molecule has 2 atom stereocenters. The van der Waals surface area contributed by atoms with Crippen LogP contribution in [0.25, 0.3) is 11.1 Å². The number of fused-ring (bicyclic) bond motifs is 1. The van der Waals surface area contributed by atoms with Crippen LogP contribution in [0, 0.1) is 5.92 Å². The summed E-state index contributed by atoms with van der Waals surface area (Å²) in [5.41, 5.74) is 2.29. The number of rotatable bonds is 3. The third kappa shape index (κ3) is 2.13. The molecule has 5 heteroatoms. The van der Waals surface area contributed by atoms with Crippen LogP contribution in [0.5, 0.6) is 0 Å². The number of ether oxygens (including phenoxy) is 1. The molecule has 96 valence electrons. The summed E-state index contributed by atoms with van der Waals surface area (Å²) in [6.45, 7) is 3.82. The summed E-state index contributed by atoms with van der Waals surface area (Å²) in [5, 5.41) is 3.44. The molecule has 0 spiro atoms. The molecule has 1 aromatic carbocycles. The highest BCUT2D eigenvalue weighted by molar-refractivity contribution is 5.76. The maximum absolute atomic E-state index is 11.1. The summed E-state index contributed by atoms with van der Waals surface area (Å²) in [5.74, 6) is 0.128. The van der Waals surface area contributed by atoms with E-state index in [9.17, 15) is 4.79 Å². The van der Waals surface area contributed by atoms with Gasteiger partial charge < -0.3 is 14.5 Å². The number of H-pyrrole nitrogens is 1. The highest BCUT2D eigenvalue weighted by Crippen LogP contribution is 2.22. The number of aromatic nitrogens is 1. The Hall–Kier alpha value is -1.75. The predicted octanol–water partition coefficient (Wildman–Crippen LogP) is 1.96. The Morgan fingerprint density at radius 3 is 3.17 bits per heavy atom. The molecule has 0 bridgehead atoms. The van der Waals surface area contributed by atoms with Crippen LogP contribution in [0.1, 0.15) is 13.3 Å². The normalized spacial score (nSPS) is 21.3. The second-order valence-corrected chi connectivity index (χ2v) is 4.78. The van der Waals surface area contributed by atoms with Gasteiger partial charge in [0, 0.05) is 24.3 Å². The van der Waals surface area contributed by atoms with Crippen molar-refractivity contribution in [2.24, 2.45) is 5.92 Å². The largest absolute Gasteiger partial charge is 0.417 e. The second-order valence-electron chi connectivity index (χ2n) is 4.78. The first kappa shape index (κ1) is 11.3. The minimum Gasteiger partial charge on any atom is -0.408 e. The lowest BCUT2D eigenvalue weighted by molar-refractivity contribution is 0.183. The van der Waals surface area contributed by atoms with E-state index in [1.54, 1.807) is 6.07 Å². The molecule has 0 radical (unpaired) electrons. The number of oxazole rings is 1. The molecule has 0 saturated carbocycles. The molecule has 1 aliphatic heterocycles. The van der Waals surface area contributed by atoms with E-state index in [4.69, 9.17) is 9.15 Å². The lowest BCUT2D eigenvalue weighted by Gasteiger charge is -2.20. The fraction of sp³-hybridized carbons (Fsp3) is 0.462. The quantitative estimate of drug-likeness (QED) is 0.871. The zero-order valence-electron chi connectivity index (χ0n) is 10.2. The Morgan fingerprint density at radius 2 is 2.39 bits per heavy atom. The van der Waals surface area contributed by atoms with E-state index in [-0.39, 0.29) is 0 Å². The highest BCUT2D eigenvalue weighted by atomic mass is 16.5. The van der Waals surface area contributed by atoms with Gasteiger partial charge in [0.05, 0.1) is 12.1 Å². The van der Waals surface area contributed by atoms with Crippen molar-refractivity contribution in [3.8, 4) is 0 Å². The van der Waals surface area contributed by atoms with Crippen molar-refractivity contribution >= 4 is 16.8 Å². The fourth-order valence-corrected chi connectivity index (χ4v) is 2.37. The molecule has 1 saturated heterocycles. The molecular weight excluding hydrogens is 232 g/mol. The SMILES string of the molecule is CC(Nc1ccc2oc(=O)[nH]c2c1)C1CCOC1. The summed E-state index contributed by atoms with van der Waals surface area (Å²) in [4.78, 5) is 13.7. The maximum Gasteiger partial charge on any atom is 0.417 e. The van der Waals surface area contributed by atoms with Crippen molar-refractivity contribution in [2.45, 2.75) is 19.4 Å². The first-order valence-electron chi connectivity index (χ1n) is 6.19. The molecule has 0 aliphatic carbocycles. The van der Waals surface area contributed by atoms with E-state index < -0.39 is 5.76 Å². The van der Waals surface area contributed by atoms with Crippen molar-refractivity contribution in [1.82, 2.24) is 4.98 Å². The molecule has 0 amide bonds. The standard InChI is InChI=1S/C13H16N2O3/c1-8(9-4-5-17-7-9)14-10-2-3-12-11(6-10)15-13(16)18-12/h2-3,6,8-9,14H,4-5,7H2,1H3,(H,15,16). The summed E-state index contributed by atoms with van der Waals surface area (Å²) in [6.07, 6.45) is 1.10. The first-order chi connectivity index (χ1) is 8.72. The van der Waals surface area contributed by atoms with Gasteiger partial charge in [-0.1, -0.05) is 0 Å². The number of hydrogen-bond acceptors (Lipinski definition) is 4. The first-order valence-corrected chi connectivity index (χ1v) is 6.19. The van der Waals surface area contributed by atoms with Gasteiger partial charge in [0.25, 0.3) is 0 Å². The highest BCUT2D eigenvalue weighted by Gasteiger charge is 2.22. The minimum atomic E-state index is -0.417. The molecule has 2 aromatic rings. The van der Waals surface area contributed by atoms with Gasteiger partial charge in [-0.3, -0.25) is 4.98 Å². The van der Waals surface area contributed by atoms with E-state index in [0.29, 0.717) is 17.5 Å². The number of hydrogen-bond donors (Lipinski definition) is 2. The van der Waals surface area contributed by atoms with Crippen LogP contribution >= 0.6 is 0 Å². The lowest BCUT2D eigenvalue weighted by atomic mass is 10.0. The molecule has 2 heterocycles. The lowest BCUT2D eigenvalue weighted by Crippen LogP contribution is -2.26. The fourth-order valence-electron chi connectivity index (χ4n) is 2.37. The van der Waals surface area contributed by atoms with E-state index in [0.717, 1.165) is 30.8 Å². The van der Waals surface area contributed by atoms with E-state index >= 15 is 0 Å². The maximum atomic E-state index is 11.1. The average Bonchev–Trinajstić information content (AvgIpc) is 2.95. The molecule has 2 unspecified atom stereocenters. The smallest absolute Gasteiger partial charge is 0.408 e. The Labute approximate surface area is 104 Å². The van der Waals surface area contributed by atoms with Crippen LogP contribution in [0.15, 0.2) is 27.4 Å². The monoisotopic (exact) mass is 248 g/mol. The molecule has 18 heavy (non-hydrogen) atoms. The Morgan fingerprint density at radius 1 is 1.50 bits per heavy atom. The number of anilines is 1. The third-order valence-electron chi connectivity index (χ3n) is 3.49. The van der Waals surface area contributed by atoms with Crippen molar-refractivity contribution < 1.29 is 9.15 Å². The molecule has 1 aromatic heterocycles. The molecule has 2 N–H and O–H groups in total. The number of nitrogens with one attached hydrogen (secondary N) is 2. The van der Waals surface area contributed by atoms with Crippen LogP contribution < -0.4 is 11.1 Å². The van der Waals surface area contributed by atoms with Crippen LogP contribution in [0.2, 0.25) is 0 Å². The van der Waals surface area contributed by atoms with Gasteiger partial charge in [-0.2, -0.15) is 0 Å². The number of aromatic amines is 1. The topological polar surface area (TPSA) is 67.3 Å². The van der Waals surface area contributed by atoms with Gasteiger partial charge in [-0.25, -0.2) is 4.79 Å². The van der Waals surface area contributed by atoms with E-state index in [1.165, 1.54) is 0 Å². The Bertz CT molecular complexity index is 596. The minimum absolute atomic E-state index is 0.351. The molecule has 1 aliphatic rings. The summed E-state index contributed by atoms with van der Waals surface area (Å²) in [6, 6.07) is 5.97. The van der Waals surface area contributed by atoms with Gasteiger partial charge in [0.2, 0.25) is 0 Å². The van der Waals surface area contributed by atoms with E-state index in [2.05, 4.69) is 17.2 Å². The van der Waals surface area contributed by atoms with Crippen molar-refractivity contribution in [1.29, 1.82) is 0 Å². The zero-order chi connectivity index (χ0) is 12.5. The summed E-state index contributed by atoms with van der Waals surface area (Å²) in [7, 11) is 0. The molecule has 5 nitrogen and oxygen atoms in total.